The number of nitrogens with zero attached hydrogens (tertiary/aromatic N) is 1. The van der Waals surface area contributed by atoms with Gasteiger partial charge < -0.3 is 20.1 Å². The Bertz CT molecular complexity index is 215. The first-order chi connectivity index (χ1) is 6.25. The maximum atomic E-state index is 11.5. The highest BCUT2D eigenvalue weighted by molar-refractivity contribution is 5.91. The summed E-state index contributed by atoms with van der Waals surface area (Å²) in [5.74, 6) is 0.0624. The number of rotatable bonds is 3. The molecule has 0 unspecified atom stereocenters. The van der Waals surface area contributed by atoms with Gasteiger partial charge in [-0.15, -0.1) is 0 Å². The number of carbonyl (C=O) groups is 1. The van der Waals surface area contributed by atoms with Crippen LogP contribution in [0.3, 0.4) is 0 Å². The smallest absolute Gasteiger partial charge is 0.291 e. The molecule has 0 atom stereocenters. The van der Waals surface area contributed by atoms with E-state index >= 15 is 0 Å². The number of ether oxygens (including phenoxy) is 2. The summed E-state index contributed by atoms with van der Waals surface area (Å²) in [5.41, 5.74) is 5.31. The zero-order valence-corrected chi connectivity index (χ0v) is 7.66. The SMILES string of the molecule is CN(CCN)C(=O)C1=COCCO1. The Morgan fingerprint density at radius 3 is 3.00 bits per heavy atom. The van der Waals surface area contributed by atoms with Crippen LogP contribution in [0.5, 0.6) is 0 Å². The predicted octanol–water partition coefficient (Wildman–Crippen LogP) is -0.708. The highest BCUT2D eigenvalue weighted by atomic mass is 16.6. The average molecular weight is 186 g/mol. The summed E-state index contributed by atoms with van der Waals surface area (Å²) >= 11 is 0. The van der Waals surface area contributed by atoms with Gasteiger partial charge in [0.05, 0.1) is 0 Å². The standard InChI is InChI=1S/C8H14N2O3/c1-10(3-2-9)8(11)7-6-12-4-5-13-7/h6H,2-5,9H2,1H3. The molecule has 0 fully saturated rings. The minimum Gasteiger partial charge on any atom is -0.494 e. The zero-order chi connectivity index (χ0) is 9.68. The molecular formula is C8H14N2O3. The van der Waals surface area contributed by atoms with Crippen LogP contribution >= 0.6 is 0 Å². The highest BCUT2D eigenvalue weighted by Gasteiger charge is 2.18. The largest absolute Gasteiger partial charge is 0.494 e. The maximum absolute atomic E-state index is 11.5. The van der Waals surface area contributed by atoms with Crippen LogP contribution in [-0.4, -0.2) is 44.2 Å². The van der Waals surface area contributed by atoms with Crippen LogP contribution in [0.25, 0.3) is 0 Å². The van der Waals surface area contributed by atoms with Gasteiger partial charge in [-0.25, -0.2) is 0 Å². The van der Waals surface area contributed by atoms with Crippen LogP contribution in [0.1, 0.15) is 0 Å². The number of nitrogens with two attached hydrogens (primary N) is 1. The maximum Gasteiger partial charge on any atom is 0.291 e. The van der Waals surface area contributed by atoms with Crippen molar-refractivity contribution in [3.05, 3.63) is 12.0 Å². The molecule has 1 heterocycles. The van der Waals surface area contributed by atoms with E-state index in [4.69, 9.17) is 15.2 Å². The van der Waals surface area contributed by atoms with Gasteiger partial charge in [0.2, 0.25) is 5.76 Å². The van der Waals surface area contributed by atoms with E-state index in [1.807, 2.05) is 0 Å². The van der Waals surface area contributed by atoms with Crippen molar-refractivity contribution in [2.75, 3.05) is 33.4 Å². The lowest BCUT2D eigenvalue weighted by Crippen LogP contribution is -2.34. The van der Waals surface area contributed by atoms with Crippen molar-refractivity contribution in [3.63, 3.8) is 0 Å². The first-order valence-corrected chi connectivity index (χ1v) is 4.16. The molecule has 0 spiro atoms. The van der Waals surface area contributed by atoms with E-state index in [-0.39, 0.29) is 11.7 Å². The highest BCUT2D eigenvalue weighted by Crippen LogP contribution is 2.06. The Morgan fingerprint density at radius 2 is 2.46 bits per heavy atom. The van der Waals surface area contributed by atoms with Crippen LogP contribution in [0.4, 0.5) is 0 Å². The van der Waals surface area contributed by atoms with Gasteiger partial charge in [-0.2, -0.15) is 0 Å². The van der Waals surface area contributed by atoms with Crippen molar-refractivity contribution >= 4 is 5.91 Å². The summed E-state index contributed by atoms with van der Waals surface area (Å²) < 4.78 is 10.1. The summed E-state index contributed by atoms with van der Waals surface area (Å²) in [6.45, 7) is 1.88. The Balaban J connectivity index is 2.50. The molecule has 0 bridgehead atoms. The molecule has 0 radical (unpaired) electrons. The minimum atomic E-state index is -0.190. The van der Waals surface area contributed by atoms with Gasteiger partial charge in [-0.3, -0.25) is 4.79 Å². The molecular weight excluding hydrogens is 172 g/mol. The molecule has 5 nitrogen and oxygen atoms in total. The van der Waals surface area contributed by atoms with Crippen molar-refractivity contribution in [2.45, 2.75) is 0 Å². The molecule has 2 N–H and O–H groups in total. The average Bonchev–Trinajstić information content (AvgIpc) is 2.18. The molecule has 13 heavy (non-hydrogen) atoms. The Kier molecular flexibility index (Phi) is 3.57. The Morgan fingerprint density at radius 1 is 1.69 bits per heavy atom. The summed E-state index contributed by atoms with van der Waals surface area (Å²) in [6, 6.07) is 0. The van der Waals surface area contributed by atoms with Crippen molar-refractivity contribution < 1.29 is 14.3 Å². The van der Waals surface area contributed by atoms with E-state index in [0.29, 0.717) is 26.3 Å². The number of carbonyl (C=O) groups excluding carboxylic acids is 1. The topological polar surface area (TPSA) is 64.8 Å². The van der Waals surface area contributed by atoms with Crippen molar-refractivity contribution in [2.24, 2.45) is 5.73 Å². The van der Waals surface area contributed by atoms with Gasteiger partial charge in [0.25, 0.3) is 5.91 Å². The first kappa shape index (κ1) is 9.85. The van der Waals surface area contributed by atoms with Gasteiger partial charge >= 0.3 is 0 Å². The van der Waals surface area contributed by atoms with Gasteiger partial charge in [0, 0.05) is 20.1 Å². The number of likely N-dealkylation sites (N-methyl/N-ethyl adjacent to an activating group) is 1. The van der Waals surface area contributed by atoms with Crippen LogP contribution in [0, 0.1) is 0 Å². The number of hydrogen-bond acceptors (Lipinski definition) is 4. The molecule has 1 aliphatic rings. The lowest BCUT2D eigenvalue weighted by molar-refractivity contribution is -0.130. The van der Waals surface area contributed by atoms with Crippen LogP contribution in [-0.2, 0) is 14.3 Å². The molecule has 1 amide bonds. The monoisotopic (exact) mass is 186 g/mol. The third-order valence-corrected chi connectivity index (χ3v) is 1.67. The quantitative estimate of drug-likeness (QED) is 0.632. The second-order valence-corrected chi connectivity index (χ2v) is 2.72. The molecule has 5 heteroatoms. The fourth-order valence-electron chi connectivity index (χ4n) is 0.964. The van der Waals surface area contributed by atoms with E-state index in [9.17, 15) is 4.79 Å². The number of amides is 1. The van der Waals surface area contributed by atoms with Gasteiger partial charge in [0.1, 0.15) is 19.5 Å². The molecule has 0 aliphatic carbocycles. The van der Waals surface area contributed by atoms with Gasteiger partial charge in [-0.1, -0.05) is 0 Å². The lowest BCUT2D eigenvalue weighted by Gasteiger charge is -2.20. The molecule has 0 aromatic rings. The zero-order valence-electron chi connectivity index (χ0n) is 7.66. The third-order valence-electron chi connectivity index (χ3n) is 1.67. The molecule has 0 aromatic heterocycles. The van der Waals surface area contributed by atoms with Gasteiger partial charge in [-0.05, 0) is 0 Å². The third kappa shape index (κ3) is 2.62. The van der Waals surface area contributed by atoms with E-state index in [0.717, 1.165) is 0 Å². The Labute approximate surface area is 77.1 Å². The van der Waals surface area contributed by atoms with Crippen LogP contribution in [0.2, 0.25) is 0 Å². The normalized spacial score (nSPS) is 15.4. The second kappa shape index (κ2) is 4.71. The van der Waals surface area contributed by atoms with Crippen molar-refractivity contribution in [1.29, 1.82) is 0 Å². The molecule has 0 saturated heterocycles. The molecule has 1 aliphatic heterocycles. The Hall–Kier alpha value is -1.23. The summed E-state index contributed by atoms with van der Waals surface area (Å²) in [5, 5.41) is 0. The second-order valence-electron chi connectivity index (χ2n) is 2.72. The van der Waals surface area contributed by atoms with E-state index in [1.54, 1.807) is 7.05 Å². The lowest BCUT2D eigenvalue weighted by atomic mass is 10.4. The fourth-order valence-corrected chi connectivity index (χ4v) is 0.964. The fraction of sp³-hybridized carbons (Fsp3) is 0.625. The van der Waals surface area contributed by atoms with E-state index < -0.39 is 0 Å². The predicted molar refractivity (Wildman–Crippen MR) is 46.7 cm³/mol. The molecule has 0 saturated carbocycles. The van der Waals surface area contributed by atoms with Crippen LogP contribution in [0.15, 0.2) is 12.0 Å². The molecule has 1 rings (SSSR count). The molecule has 74 valence electrons. The van der Waals surface area contributed by atoms with E-state index in [2.05, 4.69) is 0 Å². The minimum absolute atomic E-state index is 0.190. The van der Waals surface area contributed by atoms with Crippen molar-refractivity contribution in [1.82, 2.24) is 4.90 Å². The van der Waals surface area contributed by atoms with Crippen LogP contribution < -0.4 is 5.73 Å². The number of hydrogen-bond donors (Lipinski definition) is 1. The summed E-state index contributed by atoms with van der Waals surface area (Å²) in [4.78, 5) is 13.0. The summed E-state index contributed by atoms with van der Waals surface area (Å²) in [7, 11) is 1.67. The van der Waals surface area contributed by atoms with E-state index in [1.165, 1.54) is 11.2 Å². The van der Waals surface area contributed by atoms with Crippen molar-refractivity contribution in [3.8, 4) is 0 Å². The summed E-state index contributed by atoms with van der Waals surface area (Å²) in [6.07, 6.45) is 1.35. The first-order valence-electron chi connectivity index (χ1n) is 4.16. The van der Waals surface area contributed by atoms with Gasteiger partial charge in [0.15, 0.2) is 0 Å². The molecule has 0 aromatic carbocycles.